The fraction of sp³-hybridized carbons (Fsp3) is 0.462. The van der Waals surface area contributed by atoms with Gasteiger partial charge in [0.1, 0.15) is 5.84 Å². The molecular formula is C13H19N3. The maximum absolute atomic E-state index is 8.15. The molecule has 0 aromatic heterocycles. The molecule has 1 aliphatic rings. The second-order valence-electron chi connectivity index (χ2n) is 4.65. The van der Waals surface area contributed by atoms with Gasteiger partial charge < -0.3 is 9.80 Å². The summed E-state index contributed by atoms with van der Waals surface area (Å²) in [4.78, 5) is 4.17. The van der Waals surface area contributed by atoms with Gasteiger partial charge in [-0.25, -0.2) is 0 Å². The number of para-hydroxylation sites is 1. The highest BCUT2D eigenvalue weighted by molar-refractivity contribution is 6.06. The molecule has 0 aliphatic carbocycles. The Morgan fingerprint density at radius 3 is 2.69 bits per heavy atom. The Kier molecular flexibility index (Phi) is 2.97. The predicted molar refractivity (Wildman–Crippen MR) is 68.5 cm³/mol. The van der Waals surface area contributed by atoms with Crippen molar-refractivity contribution in [1.29, 1.82) is 5.41 Å². The van der Waals surface area contributed by atoms with Crippen LogP contribution < -0.4 is 4.90 Å². The van der Waals surface area contributed by atoms with E-state index in [-0.39, 0.29) is 5.92 Å². The Bertz CT molecular complexity index is 398. The first kappa shape index (κ1) is 11.1. The van der Waals surface area contributed by atoms with Gasteiger partial charge in [-0.05, 0) is 38.7 Å². The van der Waals surface area contributed by atoms with Gasteiger partial charge in [0.15, 0.2) is 0 Å². The van der Waals surface area contributed by atoms with Crippen LogP contribution in [0.4, 0.5) is 5.69 Å². The van der Waals surface area contributed by atoms with Crippen LogP contribution in [0.1, 0.15) is 17.9 Å². The largest absolute Gasteiger partial charge is 0.333 e. The number of nitrogens with one attached hydrogen (secondary N) is 1. The molecule has 1 heterocycles. The van der Waals surface area contributed by atoms with Gasteiger partial charge in [-0.2, -0.15) is 0 Å². The SMILES string of the molecule is CN(C)CCC1C(=N)N(C)c2ccccc21. The van der Waals surface area contributed by atoms with E-state index in [9.17, 15) is 0 Å². The first-order valence-electron chi connectivity index (χ1n) is 5.67. The normalized spacial score (nSPS) is 19.4. The molecule has 2 rings (SSSR count). The summed E-state index contributed by atoms with van der Waals surface area (Å²) in [6, 6.07) is 8.35. The third-order valence-electron chi connectivity index (χ3n) is 3.23. The van der Waals surface area contributed by atoms with Crippen LogP contribution in [0.2, 0.25) is 0 Å². The lowest BCUT2D eigenvalue weighted by molar-refractivity contribution is 0.396. The number of likely N-dealkylation sites (N-methyl/N-ethyl adjacent to an activating group) is 1. The standard InChI is InChI=1S/C13H19N3/c1-15(2)9-8-11-10-6-4-5-7-12(10)16(3)13(11)14/h4-7,11,14H,8-9H2,1-3H3. The number of anilines is 1. The van der Waals surface area contributed by atoms with E-state index in [4.69, 9.17) is 5.41 Å². The lowest BCUT2D eigenvalue weighted by Gasteiger charge is -2.16. The molecule has 1 aromatic carbocycles. The van der Waals surface area contributed by atoms with E-state index in [0.717, 1.165) is 18.8 Å². The fourth-order valence-electron chi connectivity index (χ4n) is 2.28. The highest BCUT2D eigenvalue weighted by Crippen LogP contribution is 2.37. The number of benzene rings is 1. The van der Waals surface area contributed by atoms with Crippen molar-refractivity contribution in [2.24, 2.45) is 0 Å². The summed E-state index contributed by atoms with van der Waals surface area (Å²) in [6.07, 6.45) is 1.02. The minimum absolute atomic E-state index is 0.267. The molecule has 0 amide bonds. The summed E-state index contributed by atoms with van der Waals surface area (Å²) in [5.41, 5.74) is 2.49. The summed E-state index contributed by atoms with van der Waals surface area (Å²) in [7, 11) is 6.14. The molecule has 1 aromatic rings. The molecule has 16 heavy (non-hydrogen) atoms. The number of fused-ring (bicyclic) bond motifs is 1. The molecule has 0 radical (unpaired) electrons. The van der Waals surface area contributed by atoms with Gasteiger partial charge >= 0.3 is 0 Å². The van der Waals surface area contributed by atoms with Crippen molar-refractivity contribution in [1.82, 2.24) is 4.90 Å². The molecule has 1 unspecified atom stereocenters. The summed E-state index contributed by atoms with van der Waals surface area (Å²) >= 11 is 0. The van der Waals surface area contributed by atoms with E-state index >= 15 is 0 Å². The zero-order chi connectivity index (χ0) is 11.7. The molecule has 3 heteroatoms. The molecule has 86 valence electrons. The topological polar surface area (TPSA) is 30.3 Å². The van der Waals surface area contributed by atoms with Gasteiger partial charge in [-0.3, -0.25) is 5.41 Å². The Morgan fingerprint density at radius 1 is 1.31 bits per heavy atom. The van der Waals surface area contributed by atoms with Crippen LogP contribution in [0.25, 0.3) is 0 Å². The van der Waals surface area contributed by atoms with Crippen LogP contribution in [-0.2, 0) is 0 Å². The average molecular weight is 217 g/mol. The molecule has 1 aliphatic heterocycles. The Balaban J connectivity index is 2.23. The zero-order valence-corrected chi connectivity index (χ0v) is 10.2. The van der Waals surface area contributed by atoms with Crippen molar-refractivity contribution < 1.29 is 0 Å². The number of amidine groups is 1. The van der Waals surface area contributed by atoms with E-state index in [1.165, 1.54) is 11.3 Å². The van der Waals surface area contributed by atoms with E-state index < -0.39 is 0 Å². The summed E-state index contributed by atoms with van der Waals surface area (Å²) < 4.78 is 0. The van der Waals surface area contributed by atoms with E-state index in [1.807, 2.05) is 18.0 Å². The van der Waals surface area contributed by atoms with Crippen molar-refractivity contribution >= 4 is 11.5 Å². The van der Waals surface area contributed by atoms with Crippen molar-refractivity contribution in [3.63, 3.8) is 0 Å². The van der Waals surface area contributed by atoms with Gasteiger partial charge in [0.2, 0.25) is 0 Å². The summed E-state index contributed by atoms with van der Waals surface area (Å²) in [6.45, 7) is 1.02. The lowest BCUT2D eigenvalue weighted by Crippen LogP contribution is -2.25. The van der Waals surface area contributed by atoms with Crippen molar-refractivity contribution in [2.45, 2.75) is 12.3 Å². The van der Waals surface area contributed by atoms with Crippen molar-refractivity contribution in [2.75, 3.05) is 32.6 Å². The smallest absolute Gasteiger partial charge is 0.108 e. The second-order valence-corrected chi connectivity index (χ2v) is 4.65. The number of nitrogens with zero attached hydrogens (tertiary/aromatic N) is 2. The van der Waals surface area contributed by atoms with E-state index in [0.29, 0.717) is 0 Å². The quantitative estimate of drug-likeness (QED) is 0.841. The first-order chi connectivity index (χ1) is 7.61. The molecule has 3 nitrogen and oxygen atoms in total. The van der Waals surface area contributed by atoms with Crippen molar-refractivity contribution in [3.05, 3.63) is 29.8 Å². The van der Waals surface area contributed by atoms with Crippen molar-refractivity contribution in [3.8, 4) is 0 Å². The lowest BCUT2D eigenvalue weighted by atomic mass is 9.97. The molecule has 0 saturated heterocycles. The molecule has 1 atom stereocenters. The maximum atomic E-state index is 8.15. The molecule has 0 fully saturated rings. The van der Waals surface area contributed by atoms with Crippen LogP contribution in [0.3, 0.4) is 0 Å². The Labute approximate surface area is 97.2 Å². The van der Waals surface area contributed by atoms with Crippen LogP contribution in [0, 0.1) is 5.41 Å². The van der Waals surface area contributed by atoms with Crippen LogP contribution in [-0.4, -0.2) is 38.4 Å². The van der Waals surface area contributed by atoms with Crippen LogP contribution >= 0.6 is 0 Å². The van der Waals surface area contributed by atoms with Gasteiger partial charge in [0.25, 0.3) is 0 Å². The molecule has 0 saturated carbocycles. The third kappa shape index (κ3) is 1.83. The maximum Gasteiger partial charge on any atom is 0.108 e. The Hall–Kier alpha value is -1.35. The highest BCUT2D eigenvalue weighted by atomic mass is 15.2. The summed E-state index contributed by atoms with van der Waals surface area (Å²) in [5.74, 6) is 0.992. The van der Waals surface area contributed by atoms with Gasteiger partial charge in [0, 0.05) is 18.7 Å². The number of rotatable bonds is 3. The van der Waals surface area contributed by atoms with E-state index in [2.05, 4.69) is 37.2 Å². The molecular weight excluding hydrogens is 198 g/mol. The third-order valence-corrected chi connectivity index (χ3v) is 3.23. The highest BCUT2D eigenvalue weighted by Gasteiger charge is 2.31. The zero-order valence-electron chi connectivity index (χ0n) is 10.2. The van der Waals surface area contributed by atoms with Crippen LogP contribution in [0.15, 0.2) is 24.3 Å². The van der Waals surface area contributed by atoms with Gasteiger partial charge in [-0.15, -0.1) is 0 Å². The van der Waals surface area contributed by atoms with Crippen LogP contribution in [0.5, 0.6) is 0 Å². The summed E-state index contributed by atoms with van der Waals surface area (Å²) in [5, 5.41) is 8.15. The minimum atomic E-state index is 0.267. The second kappa shape index (κ2) is 4.26. The number of hydrogen-bond donors (Lipinski definition) is 1. The predicted octanol–water partition coefficient (Wildman–Crippen LogP) is 2.15. The average Bonchev–Trinajstić information content (AvgIpc) is 2.50. The molecule has 0 bridgehead atoms. The number of hydrogen-bond acceptors (Lipinski definition) is 2. The minimum Gasteiger partial charge on any atom is -0.333 e. The molecule has 0 spiro atoms. The fourth-order valence-corrected chi connectivity index (χ4v) is 2.28. The monoisotopic (exact) mass is 217 g/mol. The van der Waals surface area contributed by atoms with E-state index in [1.54, 1.807) is 0 Å². The first-order valence-corrected chi connectivity index (χ1v) is 5.67. The Morgan fingerprint density at radius 2 is 2.00 bits per heavy atom. The van der Waals surface area contributed by atoms with Gasteiger partial charge in [-0.1, -0.05) is 18.2 Å². The van der Waals surface area contributed by atoms with Gasteiger partial charge in [0.05, 0.1) is 0 Å². The molecule has 1 N–H and O–H groups in total.